The van der Waals surface area contributed by atoms with Gasteiger partial charge < -0.3 is 15.0 Å². The van der Waals surface area contributed by atoms with E-state index in [2.05, 4.69) is 10.2 Å². The zero-order valence-corrected chi connectivity index (χ0v) is 18.7. The summed E-state index contributed by atoms with van der Waals surface area (Å²) in [5, 5.41) is 3.68. The molecule has 9 heteroatoms. The summed E-state index contributed by atoms with van der Waals surface area (Å²) in [7, 11) is 0. The Labute approximate surface area is 192 Å². The first-order chi connectivity index (χ1) is 15.0. The standard InChI is InChI=1S/C22H18ClN3O3S2/c23-14-5-8-17-19(11-14)30-21(24-17)26-9-1-2-15(26)12-29-16-6-3-13(4-7-16)10-18-20(27)31-22(28)25-18/h3-8,10-11,15H,1-2,9,12H2,(H,25,28)/t15-/m0/s1. The molecule has 0 spiro atoms. The Bertz CT molecular complexity index is 1190. The summed E-state index contributed by atoms with van der Waals surface area (Å²) in [5.41, 5.74) is 2.10. The molecule has 0 aliphatic carbocycles. The van der Waals surface area contributed by atoms with Crippen molar-refractivity contribution in [1.29, 1.82) is 0 Å². The third-order valence-electron chi connectivity index (χ3n) is 5.24. The number of amides is 1. The van der Waals surface area contributed by atoms with Crippen LogP contribution in [0.15, 0.2) is 48.2 Å². The minimum absolute atomic E-state index is 0.260. The molecule has 2 aliphatic rings. The van der Waals surface area contributed by atoms with Gasteiger partial charge in [-0.05, 0) is 54.8 Å². The number of ether oxygens (including phenoxy) is 1. The van der Waals surface area contributed by atoms with Crippen molar-refractivity contribution >= 4 is 66.5 Å². The molecule has 0 radical (unpaired) electrons. The molecule has 31 heavy (non-hydrogen) atoms. The molecule has 1 N–H and O–H groups in total. The molecule has 1 aromatic heterocycles. The molecule has 1 amide bonds. The topological polar surface area (TPSA) is 71.5 Å². The van der Waals surface area contributed by atoms with E-state index < -0.39 is 0 Å². The summed E-state index contributed by atoms with van der Waals surface area (Å²) in [6.07, 6.45) is 3.83. The molecule has 0 saturated carbocycles. The number of carbonyl (C=O) groups excluding carboxylic acids is 2. The SMILES string of the molecule is O=C1NC(=Cc2ccc(OC[C@@H]3CCCN3c3nc4ccc(Cl)cc4s3)cc2)C(=O)S1. The number of hydrogen-bond acceptors (Lipinski definition) is 7. The summed E-state index contributed by atoms with van der Waals surface area (Å²) in [4.78, 5) is 30.1. The summed E-state index contributed by atoms with van der Waals surface area (Å²) >= 11 is 8.45. The minimum Gasteiger partial charge on any atom is -0.491 e. The van der Waals surface area contributed by atoms with Crippen LogP contribution >= 0.6 is 34.7 Å². The van der Waals surface area contributed by atoms with Gasteiger partial charge in [-0.1, -0.05) is 35.1 Å². The van der Waals surface area contributed by atoms with Crippen molar-refractivity contribution < 1.29 is 14.3 Å². The van der Waals surface area contributed by atoms with E-state index in [0.717, 1.165) is 51.1 Å². The van der Waals surface area contributed by atoms with Gasteiger partial charge in [-0.25, -0.2) is 4.98 Å². The van der Waals surface area contributed by atoms with Gasteiger partial charge in [0.1, 0.15) is 12.4 Å². The summed E-state index contributed by atoms with van der Waals surface area (Å²) in [6.45, 7) is 1.54. The molecule has 2 aromatic carbocycles. The van der Waals surface area contributed by atoms with Gasteiger partial charge in [0.25, 0.3) is 5.24 Å². The largest absolute Gasteiger partial charge is 0.491 e. The smallest absolute Gasteiger partial charge is 0.291 e. The first-order valence-electron chi connectivity index (χ1n) is 9.86. The number of nitrogens with one attached hydrogen (secondary N) is 1. The Balaban J connectivity index is 1.24. The Hall–Kier alpha value is -2.55. The zero-order valence-electron chi connectivity index (χ0n) is 16.3. The van der Waals surface area contributed by atoms with E-state index in [4.69, 9.17) is 21.3 Å². The van der Waals surface area contributed by atoms with Crippen LogP contribution in [0, 0.1) is 0 Å². The van der Waals surface area contributed by atoms with Crippen molar-refractivity contribution in [1.82, 2.24) is 10.3 Å². The number of carbonyl (C=O) groups is 2. The monoisotopic (exact) mass is 471 g/mol. The number of thioether (sulfide) groups is 1. The number of hydrogen-bond donors (Lipinski definition) is 1. The van der Waals surface area contributed by atoms with E-state index in [0.29, 0.717) is 24.1 Å². The quantitative estimate of drug-likeness (QED) is 0.508. The second-order valence-electron chi connectivity index (χ2n) is 7.34. The van der Waals surface area contributed by atoms with Crippen LogP contribution in [0.3, 0.4) is 0 Å². The van der Waals surface area contributed by atoms with Crippen LogP contribution in [0.4, 0.5) is 9.93 Å². The summed E-state index contributed by atoms with van der Waals surface area (Å²) < 4.78 is 7.14. The third kappa shape index (κ3) is 4.42. The van der Waals surface area contributed by atoms with Crippen LogP contribution < -0.4 is 15.0 Å². The predicted octanol–water partition coefficient (Wildman–Crippen LogP) is 5.32. The molecule has 1 atom stereocenters. The van der Waals surface area contributed by atoms with Crippen molar-refractivity contribution in [3.05, 3.63) is 58.7 Å². The average molecular weight is 472 g/mol. The number of thiazole rings is 1. The van der Waals surface area contributed by atoms with E-state index in [1.54, 1.807) is 17.4 Å². The Kier molecular flexibility index (Phi) is 5.60. The van der Waals surface area contributed by atoms with Crippen molar-refractivity contribution in [2.45, 2.75) is 18.9 Å². The number of rotatable bonds is 5. The second-order valence-corrected chi connectivity index (χ2v) is 9.73. The number of nitrogens with zero attached hydrogens (tertiary/aromatic N) is 2. The Morgan fingerprint density at radius 3 is 2.84 bits per heavy atom. The lowest BCUT2D eigenvalue weighted by atomic mass is 10.2. The molecule has 5 rings (SSSR count). The van der Waals surface area contributed by atoms with Gasteiger partial charge in [0.05, 0.1) is 22.0 Å². The van der Waals surface area contributed by atoms with Crippen LogP contribution in [0.2, 0.25) is 5.02 Å². The van der Waals surface area contributed by atoms with Crippen LogP contribution in [-0.2, 0) is 4.79 Å². The van der Waals surface area contributed by atoms with E-state index in [-0.39, 0.29) is 16.4 Å². The molecule has 2 aliphatic heterocycles. The maximum atomic E-state index is 11.7. The van der Waals surface area contributed by atoms with E-state index in [9.17, 15) is 9.59 Å². The maximum Gasteiger partial charge on any atom is 0.291 e. The highest BCUT2D eigenvalue weighted by Gasteiger charge is 2.28. The number of anilines is 1. The number of aromatic nitrogens is 1. The lowest BCUT2D eigenvalue weighted by Crippen LogP contribution is -2.34. The molecule has 0 bridgehead atoms. The van der Waals surface area contributed by atoms with Gasteiger partial charge in [-0.2, -0.15) is 0 Å². The lowest BCUT2D eigenvalue weighted by Gasteiger charge is -2.24. The third-order valence-corrected chi connectivity index (χ3v) is 7.22. The molecule has 158 valence electrons. The molecular formula is C22H18ClN3O3S2. The van der Waals surface area contributed by atoms with Crippen molar-refractivity contribution in [3.8, 4) is 5.75 Å². The average Bonchev–Trinajstić information content (AvgIpc) is 3.45. The van der Waals surface area contributed by atoms with Crippen molar-refractivity contribution in [2.24, 2.45) is 0 Å². The minimum atomic E-state index is -0.339. The highest BCUT2D eigenvalue weighted by molar-refractivity contribution is 8.27. The first kappa shape index (κ1) is 20.4. The van der Waals surface area contributed by atoms with E-state index in [1.165, 1.54) is 0 Å². The van der Waals surface area contributed by atoms with Gasteiger partial charge in [-0.3, -0.25) is 9.59 Å². The van der Waals surface area contributed by atoms with Crippen LogP contribution in [0.25, 0.3) is 16.3 Å². The van der Waals surface area contributed by atoms with Gasteiger partial charge in [-0.15, -0.1) is 0 Å². The summed E-state index contributed by atoms with van der Waals surface area (Å²) in [5.74, 6) is 0.765. The molecule has 0 unspecified atom stereocenters. The second kappa shape index (κ2) is 8.53. The molecular weight excluding hydrogens is 454 g/mol. The Morgan fingerprint density at radius 2 is 2.06 bits per heavy atom. The molecule has 2 saturated heterocycles. The predicted molar refractivity (Wildman–Crippen MR) is 126 cm³/mol. The highest BCUT2D eigenvalue weighted by atomic mass is 35.5. The maximum absolute atomic E-state index is 11.7. The first-order valence-corrected chi connectivity index (χ1v) is 11.9. The molecule has 2 fully saturated rings. The fraction of sp³-hybridized carbons (Fsp3) is 0.227. The van der Waals surface area contributed by atoms with Crippen molar-refractivity contribution in [2.75, 3.05) is 18.1 Å². The van der Waals surface area contributed by atoms with Crippen molar-refractivity contribution in [3.63, 3.8) is 0 Å². The fourth-order valence-electron chi connectivity index (χ4n) is 3.71. The number of benzene rings is 2. The van der Waals surface area contributed by atoms with Gasteiger partial charge >= 0.3 is 0 Å². The van der Waals surface area contributed by atoms with Crippen LogP contribution in [-0.4, -0.2) is 34.5 Å². The fourth-order valence-corrected chi connectivity index (χ4v) is 5.60. The van der Waals surface area contributed by atoms with Gasteiger partial charge in [0.15, 0.2) is 5.13 Å². The van der Waals surface area contributed by atoms with E-state index >= 15 is 0 Å². The number of fused-ring (bicyclic) bond motifs is 1. The van der Waals surface area contributed by atoms with E-state index in [1.807, 2.05) is 42.5 Å². The summed E-state index contributed by atoms with van der Waals surface area (Å²) in [6, 6.07) is 13.5. The molecule has 3 aromatic rings. The van der Waals surface area contributed by atoms with Crippen LogP contribution in [0.5, 0.6) is 5.75 Å². The highest BCUT2D eigenvalue weighted by Crippen LogP contribution is 2.34. The zero-order chi connectivity index (χ0) is 21.4. The molecule has 6 nitrogen and oxygen atoms in total. The van der Waals surface area contributed by atoms with Gasteiger partial charge in [0.2, 0.25) is 5.12 Å². The van der Waals surface area contributed by atoms with Gasteiger partial charge in [0, 0.05) is 23.3 Å². The Morgan fingerprint density at radius 1 is 1.23 bits per heavy atom. The molecule has 3 heterocycles. The number of halogens is 1. The normalized spacial score (nSPS) is 20.1. The lowest BCUT2D eigenvalue weighted by molar-refractivity contribution is -0.107. The van der Waals surface area contributed by atoms with Crippen LogP contribution in [0.1, 0.15) is 18.4 Å².